The van der Waals surface area contributed by atoms with Crippen molar-refractivity contribution >= 4 is 75.1 Å². The van der Waals surface area contributed by atoms with E-state index in [1.807, 2.05) is 0 Å². The number of nitrogens with two attached hydrogens (primary N) is 1. The van der Waals surface area contributed by atoms with Gasteiger partial charge in [0.1, 0.15) is 36.3 Å². The van der Waals surface area contributed by atoms with Crippen LogP contribution in [0.15, 0.2) is 24.8 Å². The number of aliphatic carboxylic acids is 1. The van der Waals surface area contributed by atoms with Crippen molar-refractivity contribution in [3.63, 3.8) is 0 Å². The van der Waals surface area contributed by atoms with Gasteiger partial charge in [-0.05, 0) is 12.5 Å². The number of amides is 2. The minimum atomic E-state index is -5.59. The number of anilines is 1. The highest BCUT2D eigenvalue weighted by molar-refractivity contribution is 8.14. The summed E-state index contributed by atoms with van der Waals surface area (Å²) in [6.07, 6.45) is -4.33. The number of allylic oxidation sites excluding steroid dienone is 1. The monoisotopic (exact) mass is 893 g/mol. The second-order valence-corrected chi connectivity index (χ2v) is 17.9. The minimum absolute atomic E-state index is 0.0202. The summed E-state index contributed by atoms with van der Waals surface area (Å²) in [4.78, 5) is 97.6. The summed E-state index contributed by atoms with van der Waals surface area (Å²) in [5, 5.41) is 34.5. The molecule has 7 atom stereocenters. The summed E-state index contributed by atoms with van der Waals surface area (Å²) in [7, 11) is -16.4. The lowest BCUT2D eigenvalue weighted by atomic mass is 9.87. The van der Waals surface area contributed by atoms with Crippen molar-refractivity contribution in [1.82, 2.24) is 30.2 Å². The third kappa shape index (κ3) is 15.5. The summed E-state index contributed by atoms with van der Waals surface area (Å²) >= 11 is 0.895. The van der Waals surface area contributed by atoms with Crippen LogP contribution in [0.1, 0.15) is 39.3 Å². The summed E-state index contributed by atoms with van der Waals surface area (Å²) in [6.45, 7) is 0.257. The molecule has 0 aliphatic carbocycles. The zero-order valence-electron chi connectivity index (χ0n) is 30.0. The maximum atomic E-state index is 12.7. The van der Waals surface area contributed by atoms with Crippen LogP contribution in [0, 0.1) is 5.41 Å². The smallest absolute Gasteiger partial charge is 0.481 e. The van der Waals surface area contributed by atoms with Gasteiger partial charge in [0, 0.05) is 37.1 Å². The highest BCUT2D eigenvalue weighted by Crippen LogP contribution is 2.61. The van der Waals surface area contributed by atoms with Crippen molar-refractivity contribution in [1.29, 1.82) is 0 Å². The molecule has 3 rings (SSSR count). The quantitative estimate of drug-likeness (QED) is 0.0366. The molecule has 11 N–H and O–H groups in total. The number of carboxylic acids is 1. The number of hydrogen-bond acceptors (Lipinski definition) is 19. The Morgan fingerprint density at radius 2 is 1.74 bits per heavy atom. The predicted octanol–water partition coefficient (Wildman–Crippen LogP) is -0.914. The molecule has 1 fully saturated rings. The summed E-state index contributed by atoms with van der Waals surface area (Å²) in [5.41, 5.74) is 4.21. The summed E-state index contributed by atoms with van der Waals surface area (Å²) in [5.74, 6) is -2.34. The van der Waals surface area contributed by atoms with Gasteiger partial charge in [-0.1, -0.05) is 31.7 Å². The van der Waals surface area contributed by atoms with Gasteiger partial charge in [0.2, 0.25) is 16.9 Å². The number of rotatable bonds is 23. The highest BCUT2D eigenvalue weighted by atomic mass is 32.2. The molecule has 26 nitrogen and oxygen atoms in total. The van der Waals surface area contributed by atoms with E-state index in [0.29, 0.717) is 0 Å². The van der Waals surface area contributed by atoms with Gasteiger partial charge in [0.15, 0.2) is 17.7 Å². The van der Waals surface area contributed by atoms with Crippen LogP contribution in [0.3, 0.4) is 0 Å². The number of aliphatic hydroxyl groups excluding tert-OH is 2. The van der Waals surface area contributed by atoms with Crippen LogP contribution in [-0.4, -0.2) is 134 Å². The number of nitrogens with one attached hydrogen (secondary N) is 2. The lowest BCUT2D eigenvalue weighted by molar-refractivity contribution is -0.137. The van der Waals surface area contributed by atoms with E-state index >= 15 is 0 Å². The second-order valence-electron chi connectivity index (χ2n) is 12.6. The Labute approximate surface area is 327 Å². The van der Waals surface area contributed by atoms with E-state index in [4.69, 9.17) is 24.6 Å². The van der Waals surface area contributed by atoms with Gasteiger partial charge < -0.3 is 56.0 Å². The standard InChI is InChI=1S/C27H42N7O19P3S/c1-27(2,22(40)25(41)30-8-7-16(35)29-9-10-57-18(38)6-4-3-5-17(36)37)12-50-56(47,48)53-55(45,46)49-11-15-21(52-54(42,43)44)20(39)26(51-15)34-14-33-19-23(28)31-13-32-24(19)34/h4,6,13-15,20-22,26,39-40H,3,5,7-12H2,1-2H3,(H,29,35)(H,30,41)(H,36,37)(H,45,46)(H,47,48)(H2,28,31,32)(H2,42,43,44)/b6-4-/t15-,20-,21-,22+,26-/m1/s1. The molecule has 1 aliphatic heterocycles. The number of phosphoric ester groups is 3. The van der Waals surface area contributed by atoms with E-state index in [2.05, 4.69) is 34.4 Å². The van der Waals surface area contributed by atoms with Crippen molar-refractivity contribution in [2.75, 3.05) is 37.8 Å². The lowest BCUT2D eigenvalue weighted by Crippen LogP contribution is -2.46. The first-order valence-corrected chi connectivity index (χ1v) is 21.9. The number of phosphoric acid groups is 3. The Balaban J connectivity index is 1.47. The van der Waals surface area contributed by atoms with Gasteiger partial charge in [-0.3, -0.25) is 37.3 Å². The largest absolute Gasteiger partial charge is 0.481 e. The number of carboxylic acid groups (broad SMARTS) is 1. The predicted molar refractivity (Wildman–Crippen MR) is 193 cm³/mol. The lowest BCUT2D eigenvalue weighted by Gasteiger charge is -2.30. The van der Waals surface area contributed by atoms with E-state index in [1.54, 1.807) is 0 Å². The summed E-state index contributed by atoms with van der Waals surface area (Å²) in [6, 6.07) is 0. The van der Waals surface area contributed by atoms with E-state index in [1.165, 1.54) is 26.0 Å². The third-order valence-electron chi connectivity index (χ3n) is 7.52. The molecule has 0 spiro atoms. The molecule has 57 heavy (non-hydrogen) atoms. The fourth-order valence-electron chi connectivity index (χ4n) is 4.72. The van der Waals surface area contributed by atoms with Crippen LogP contribution in [-0.2, 0) is 55.5 Å². The van der Waals surface area contributed by atoms with Crippen molar-refractivity contribution in [2.45, 2.75) is 63.8 Å². The van der Waals surface area contributed by atoms with Crippen LogP contribution in [0.25, 0.3) is 11.2 Å². The number of nitrogen functional groups attached to an aromatic ring is 1. The maximum Gasteiger partial charge on any atom is 0.481 e. The number of hydrogen-bond donors (Lipinski definition) is 10. The third-order valence-corrected chi connectivity index (χ3v) is 11.5. The highest BCUT2D eigenvalue weighted by Gasteiger charge is 2.50. The number of ether oxygens (including phenoxy) is 1. The topological polar surface area (TPSA) is 401 Å². The first kappa shape index (κ1) is 48.1. The molecule has 2 unspecified atom stereocenters. The van der Waals surface area contributed by atoms with Gasteiger partial charge in [-0.2, -0.15) is 4.31 Å². The Kier molecular flexibility index (Phi) is 17.4. The van der Waals surface area contributed by atoms with Gasteiger partial charge in [-0.25, -0.2) is 28.6 Å². The molecule has 0 radical (unpaired) electrons. The van der Waals surface area contributed by atoms with E-state index in [9.17, 15) is 62.7 Å². The van der Waals surface area contributed by atoms with E-state index < -0.39 is 90.5 Å². The van der Waals surface area contributed by atoms with Gasteiger partial charge in [0.05, 0.1) is 19.5 Å². The fraction of sp³-hybridized carbons (Fsp3) is 0.593. The average molecular weight is 894 g/mol. The second kappa shape index (κ2) is 20.6. The molecule has 2 aromatic heterocycles. The Hall–Kier alpha value is -3.23. The number of nitrogens with zero attached hydrogens (tertiary/aromatic N) is 4. The van der Waals surface area contributed by atoms with Crippen LogP contribution >= 0.6 is 35.2 Å². The Bertz CT molecular complexity index is 1930. The van der Waals surface area contributed by atoms with E-state index in [0.717, 1.165) is 29.0 Å². The molecular weight excluding hydrogens is 851 g/mol. The molecule has 320 valence electrons. The van der Waals surface area contributed by atoms with Crippen LogP contribution in [0.5, 0.6) is 0 Å². The van der Waals surface area contributed by atoms with Gasteiger partial charge >= 0.3 is 29.4 Å². The maximum absolute atomic E-state index is 12.7. The van der Waals surface area contributed by atoms with Crippen molar-refractivity contribution in [2.24, 2.45) is 5.41 Å². The van der Waals surface area contributed by atoms with Gasteiger partial charge in [0.25, 0.3) is 0 Å². The fourth-order valence-corrected chi connectivity index (χ4v) is 8.14. The number of carbonyl (C=O) groups is 4. The SMILES string of the molecule is CC(C)(COP(=O)(O)OP(=O)(O)OC[C@H]1O[C@@H](n2cnc3c(N)ncnc32)[C@H](O)[C@@H]1OP(=O)(O)O)[C@@H](O)C(=O)NCCC(=O)NCCSC(=O)/C=C\CCC(=O)O. The molecule has 2 aromatic rings. The molecule has 2 amide bonds. The number of thioether (sulfide) groups is 1. The Morgan fingerprint density at radius 3 is 2.40 bits per heavy atom. The van der Waals surface area contributed by atoms with Crippen molar-refractivity contribution < 1.29 is 90.4 Å². The molecule has 1 saturated heterocycles. The summed E-state index contributed by atoms with van der Waals surface area (Å²) < 4.78 is 62.0. The molecule has 0 bridgehead atoms. The zero-order chi connectivity index (χ0) is 42.8. The molecule has 0 saturated carbocycles. The molecule has 0 aromatic carbocycles. The number of aromatic nitrogens is 4. The minimum Gasteiger partial charge on any atom is -0.481 e. The van der Waals surface area contributed by atoms with E-state index in [-0.39, 0.29) is 60.2 Å². The normalized spacial score (nSPS) is 21.5. The first-order chi connectivity index (χ1) is 26.4. The van der Waals surface area contributed by atoms with Crippen molar-refractivity contribution in [3.8, 4) is 0 Å². The number of aliphatic hydroxyl groups is 2. The molecular formula is C27H42N7O19P3S. The number of imidazole rings is 1. The van der Waals surface area contributed by atoms with Gasteiger partial charge in [-0.15, -0.1) is 0 Å². The number of carbonyl (C=O) groups excluding carboxylic acids is 3. The molecule has 1 aliphatic rings. The van der Waals surface area contributed by atoms with Crippen LogP contribution in [0.4, 0.5) is 5.82 Å². The van der Waals surface area contributed by atoms with Crippen LogP contribution < -0.4 is 16.4 Å². The Morgan fingerprint density at radius 1 is 1.05 bits per heavy atom. The zero-order valence-corrected chi connectivity index (χ0v) is 33.5. The molecule has 30 heteroatoms. The number of fused-ring (bicyclic) bond motifs is 1. The van der Waals surface area contributed by atoms with Crippen LogP contribution in [0.2, 0.25) is 0 Å². The van der Waals surface area contributed by atoms with Crippen molar-refractivity contribution in [3.05, 3.63) is 24.8 Å². The first-order valence-electron chi connectivity index (χ1n) is 16.4. The average Bonchev–Trinajstić information content (AvgIpc) is 3.66. The molecule has 3 heterocycles.